The molecule has 0 radical (unpaired) electrons. The molecular weight excluding hydrogens is 553 g/mol. The molecule has 2 fully saturated rings. The number of carbonyl (C=O) groups is 2. The van der Waals surface area contributed by atoms with E-state index in [-0.39, 0.29) is 11.8 Å². The van der Waals surface area contributed by atoms with Crippen LogP contribution in [0.5, 0.6) is 0 Å². The molecule has 3 N–H and O–H groups in total. The number of rotatable bonds is 6. The van der Waals surface area contributed by atoms with Gasteiger partial charge in [-0.1, -0.05) is 6.07 Å². The molecule has 2 amide bonds. The van der Waals surface area contributed by atoms with E-state index < -0.39 is 22.9 Å². The lowest BCUT2D eigenvalue weighted by atomic mass is 9.79. The molecule has 224 valence electrons. The summed E-state index contributed by atoms with van der Waals surface area (Å²) in [6, 6.07) is 6.83. The first-order valence-electron chi connectivity index (χ1n) is 14.2. The number of halogens is 1. The van der Waals surface area contributed by atoms with Crippen LogP contribution in [0.15, 0.2) is 42.9 Å². The summed E-state index contributed by atoms with van der Waals surface area (Å²) >= 11 is 0. The number of anilines is 3. The summed E-state index contributed by atoms with van der Waals surface area (Å²) in [4.78, 5) is 45.3. The molecule has 4 aromatic rings. The van der Waals surface area contributed by atoms with Crippen molar-refractivity contribution in [2.24, 2.45) is 0 Å². The van der Waals surface area contributed by atoms with Crippen LogP contribution in [-0.2, 0) is 9.59 Å². The highest BCUT2D eigenvalue weighted by molar-refractivity contribution is 6.02. The zero-order chi connectivity index (χ0) is 30.5. The van der Waals surface area contributed by atoms with E-state index in [9.17, 15) is 14.0 Å². The topological polar surface area (TPSA) is 150 Å². The van der Waals surface area contributed by atoms with E-state index in [0.29, 0.717) is 49.3 Å². The molecule has 0 aromatic carbocycles. The Labute approximate surface area is 247 Å². The molecule has 4 aromatic heterocycles. The van der Waals surface area contributed by atoms with Crippen LogP contribution in [0.3, 0.4) is 0 Å². The van der Waals surface area contributed by atoms with Gasteiger partial charge in [0.1, 0.15) is 16.9 Å². The van der Waals surface area contributed by atoms with Crippen molar-refractivity contribution in [3.8, 4) is 5.82 Å². The molecule has 14 heteroatoms. The van der Waals surface area contributed by atoms with Gasteiger partial charge in [0, 0.05) is 42.8 Å². The Balaban J connectivity index is 1.21. The van der Waals surface area contributed by atoms with Gasteiger partial charge in [-0.2, -0.15) is 15.2 Å². The summed E-state index contributed by atoms with van der Waals surface area (Å²) in [5.41, 5.74) is 0.337. The third-order valence-electron chi connectivity index (χ3n) is 8.27. The molecule has 1 unspecified atom stereocenters. The Morgan fingerprint density at radius 2 is 1.81 bits per heavy atom. The molecule has 0 bridgehead atoms. The number of H-pyrrole nitrogens is 1. The molecule has 43 heavy (non-hydrogen) atoms. The number of aryl methyl sites for hydroxylation is 2. The number of nitrogens with zero attached hydrogens (tertiary/aromatic N) is 8. The lowest BCUT2D eigenvalue weighted by Crippen LogP contribution is -2.76. The Morgan fingerprint density at radius 3 is 2.44 bits per heavy atom. The molecule has 1 atom stereocenters. The maximum absolute atomic E-state index is 14.3. The predicted molar refractivity (Wildman–Crippen MR) is 156 cm³/mol. The van der Waals surface area contributed by atoms with Crippen LogP contribution in [0, 0.1) is 19.7 Å². The first-order valence-corrected chi connectivity index (χ1v) is 14.2. The first kappa shape index (κ1) is 28.2. The van der Waals surface area contributed by atoms with Crippen molar-refractivity contribution in [3.05, 3.63) is 65.6 Å². The Kier molecular flexibility index (Phi) is 6.86. The van der Waals surface area contributed by atoms with Crippen LogP contribution in [0.1, 0.15) is 56.6 Å². The van der Waals surface area contributed by atoms with Gasteiger partial charge >= 0.3 is 0 Å². The van der Waals surface area contributed by atoms with E-state index in [1.54, 1.807) is 31.0 Å². The standard InChI is InChI=1S/C29H34FN11O2/c1-17-12-22(34-23-13-18(2)37-38-23)35-27(33-17)39-10-8-29(9-11-39)26(43)41(28(4,5)25(42)36-29)19(3)20-6-7-24(31-14-20)40-16-21(30)15-32-40/h6-7,12-16,19H,8-11H2,1-5H3,(H,36,42)(H2,33,34,35,37,38). The van der Waals surface area contributed by atoms with Crippen LogP contribution in [0.2, 0.25) is 0 Å². The van der Waals surface area contributed by atoms with Gasteiger partial charge in [0.05, 0.1) is 18.4 Å². The average Bonchev–Trinajstić information content (AvgIpc) is 3.59. The Bertz CT molecular complexity index is 1670. The molecule has 6 rings (SSSR count). The molecule has 6 heterocycles. The highest BCUT2D eigenvalue weighted by Crippen LogP contribution is 2.39. The second-order valence-electron chi connectivity index (χ2n) is 11.7. The molecule has 0 saturated carbocycles. The van der Waals surface area contributed by atoms with E-state index in [2.05, 4.69) is 35.9 Å². The number of nitrogens with one attached hydrogen (secondary N) is 3. The van der Waals surface area contributed by atoms with Crippen molar-refractivity contribution < 1.29 is 14.0 Å². The van der Waals surface area contributed by atoms with Crippen molar-refractivity contribution in [1.29, 1.82) is 0 Å². The summed E-state index contributed by atoms with van der Waals surface area (Å²) < 4.78 is 14.8. The van der Waals surface area contributed by atoms with Gasteiger partial charge in [-0.15, -0.1) is 0 Å². The minimum Gasteiger partial charge on any atom is -0.341 e. The van der Waals surface area contributed by atoms with Crippen LogP contribution < -0.4 is 15.5 Å². The summed E-state index contributed by atoms with van der Waals surface area (Å²) in [6.45, 7) is 10.2. The SMILES string of the molecule is Cc1cc(Nc2cc(C)[nH]n2)nc(N2CCC3(CC2)NC(=O)C(C)(C)N(C(C)c2ccc(-n4cc(F)cn4)nc2)C3=O)n1. The third-order valence-corrected chi connectivity index (χ3v) is 8.27. The normalized spacial score (nSPS) is 18.6. The third kappa shape index (κ3) is 5.17. The fraction of sp³-hybridized carbons (Fsp3) is 0.414. The minimum atomic E-state index is -1.09. The highest BCUT2D eigenvalue weighted by atomic mass is 19.1. The van der Waals surface area contributed by atoms with Gasteiger partial charge in [-0.25, -0.2) is 19.0 Å². The average molecular weight is 588 g/mol. The summed E-state index contributed by atoms with van der Waals surface area (Å²) in [5.74, 6) is 1.47. The van der Waals surface area contributed by atoms with Crippen LogP contribution in [-0.4, -0.2) is 75.8 Å². The molecule has 1 spiro atoms. The van der Waals surface area contributed by atoms with E-state index in [1.165, 1.54) is 10.9 Å². The molecule has 2 saturated heterocycles. The van der Waals surface area contributed by atoms with Crippen LogP contribution >= 0.6 is 0 Å². The number of hydrogen-bond acceptors (Lipinski definition) is 9. The number of amides is 2. The lowest BCUT2D eigenvalue weighted by Gasteiger charge is -2.54. The van der Waals surface area contributed by atoms with Crippen LogP contribution in [0.4, 0.5) is 22.0 Å². The van der Waals surface area contributed by atoms with Crippen molar-refractivity contribution in [2.75, 3.05) is 23.3 Å². The number of aromatic nitrogens is 7. The lowest BCUT2D eigenvalue weighted by molar-refractivity contribution is -0.165. The van der Waals surface area contributed by atoms with Gasteiger partial charge < -0.3 is 20.4 Å². The fourth-order valence-electron chi connectivity index (χ4n) is 5.83. The second kappa shape index (κ2) is 10.4. The highest BCUT2D eigenvalue weighted by Gasteiger charge is 2.56. The molecule has 2 aliphatic rings. The maximum atomic E-state index is 14.3. The van der Waals surface area contributed by atoms with Crippen molar-refractivity contribution in [2.45, 2.75) is 64.6 Å². The number of carbonyl (C=O) groups excluding carboxylic acids is 2. The minimum absolute atomic E-state index is 0.135. The van der Waals surface area contributed by atoms with Gasteiger partial charge in [-0.3, -0.25) is 14.7 Å². The summed E-state index contributed by atoms with van der Waals surface area (Å²) in [7, 11) is 0. The predicted octanol–water partition coefficient (Wildman–Crippen LogP) is 3.12. The molecule has 13 nitrogen and oxygen atoms in total. The number of piperidine rings is 1. The van der Waals surface area contributed by atoms with E-state index >= 15 is 0 Å². The first-order chi connectivity index (χ1) is 20.4. The van der Waals surface area contributed by atoms with Gasteiger partial charge in [0.25, 0.3) is 0 Å². The number of piperazine rings is 1. The largest absolute Gasteiger partial charge is 0.341 e. The fourth-order valence-corrected chi connectivity index (χ4v) is 5.83. The van der Waals surface area contributed by atoms with Crippen molar-refractivity contribution in [3.63, 3.8) is 0 Å². The Hall–Kier alpha value is -4.88. The van der Waals surface area contributed by atoms with E-state index in [1.807, 2.05) is 43.9 Å². The smallest absolute Gasteiger partial charge is 0.249 e. The second-order valence-corrected chi connectivity index (χ2v) is 11.7. The molecule has 0 aliphatic carbocycles. The number of aromatic amines is 1. The quantitative estimate of drug-likeness (QED) is 0.309. The number of pyridine rings is 1. The molecular formula is C29H34FN11O2. The summed E-state index contributed by atoms with van der Waals surface area (Å²) in [5, 5.41) is 17.4. The van der Waals surface area contributed by atoms with E-state index in [0.717, 1.165) is 23.1 Å². The Morgan fingerprint density at radius 1 is 1.05 bits per heavy atom. The van der Waals surface area contributed by atoms with Crippen molar-refractivity contribution >= 4 is 29.4 Å². The van der Waals surface area contributed by atoms with E-state index in [4.69, 9.17) is 4.98 Å². The number of hydrogen-bond donors (Lipinski definition) is 3. The summed E-state index contributed by atoms with van der Waals surface area (Å²) in [6.07, 6.45) is 4.78. The molecule has 2 aliphatic heterocycles. The van der Waals surface area contributed by atoms with Crippen LogP contribution in [0.25, 0.3) is 5.82 Å². The van der Waals surface area contributed by atoms with Gasteiger partial charge in [0.2, 0.25) is 17.8 Å². The maximum Gasteiger partial charge on any atom is 0.249 e. The van der Waals surface area contributed by atoms with Gasteiger partial charge in [0.15, 0.2) is 17.5 Å². The zero-order valence-electron chi connectivity index (χ0n) is 24.7. The zero-order valence-corrected chi connectivity index (χ0v) is 24.7. The van der Waals surface area contributed by atoms with Crippen molar-refractivity contribution in [1.82, 2.24) is 45.1 Å². The van der Waals surface area contributed by atoms with Gasteiger partial charge in [-0.05, 0) is 59.1 Å². The monoisotopic (exact) mass is 587 g/mol.